The van der Waals surface area contributed by atoms with Crippen LogP contribution in [-0.4, -0.2) is 42.0 Å². The van der Waals surface area contributed by atoms with Gasteiger partial charge in [0.1, 0.15) is 0 Å². The van der Waals surface area contributed by atoms with Crippen LogP contribution >= 0.6 is 0 Å². The van der Waals surface area contributed by atoms with Gasteiger partial charge in [-0.2, -0.15) is 0 Å². The molecule has 0 spiro atoms. The van der Waals surface area contributed by atoms with Crippen LogP contribution in [0.1, 0.15) is 12.8 Å². The van der Waals surface area contributed by atoms with Gasteiger partial charge in [-0.15, -0.1) is 0 Å². The molecule has 2 aliphatic rings. The highest BCUT2D eigenvalue weighted by atomic mass is 16.5. The SMILES string of the molecule is O=C1NC(=O)N(CC2CCCO2)C1=O. The van der Waals surface area contributed by atoms with Gasteiger partial charge in [0.15, 0.2) is 0 Å². The average molecular weight is 198 g/mol. The molecule has 76 valence electrons. The van der Waals surface area contributed by atoms with Crippen LogP contribution in [0, 0.1) is 0 Å². The van der Waals surface area contributed by atoms with Crippen molar-refractivity contribution < 1.29 is 19.1 Å². The summed E-state index contributed by atoms with van der Waals surface area (Å²) in [7, 11) is 0. The second-order valence-corrected chi connectivity index (χ2v) is 3.31. The minimum absolute atomic E-state index is 0.115. The molecule has 0 aromatic carbocycles. The molecule has 2 saturated heterocycles. The molecule has 0 aromatic heterocycles. The van der Waals surface area contributed by atoms with Crippen molar-refractivity contribution in [3.05, 3.63) is 0 Å². The highest BCUT2D eigenvalue weighted by Crippen LogP contribution is 2.14. The van der Waals surface area contributed by atoms with Crippen molar-refractivity contribution in [3.63, 3.8) is 0 Å². The second kappa shape index (κ2) is 3.38. The number of urea groups is 1. The first-order chi connectivity index (χ1) is 6.68. The van der Waals surface area contributed by atoms with Crippen molar-refractivity contribution >= 4 is 17.8 Å². The molecule has 2 rings (SSSR count). The van der Waals surface area contributed by atoms with Gasteiger partial charge in [0, 0.05) is 6.61 Å². The lowest BCUT2D eigenvalue weighted by Crippen LogP contribution is -2.37. The number of rotatable bonds is 2. The van der Waals surface area contributed by atoms with E-state index in [1.807, 2.05) is 5.32 Å². The number of nitrogens with zero attached hydrogens (tertiary/aromatic N) is 1. The fourth-order valence-electron chi connectivity index (χ4n) is 1.59. The number of carbonyl (C=O) groups is 3. The van der Waals surface area contributed by atoms with Crippen LogP contribution in [-0.2, 0) is 14.3 Å². The Labute approximate surface area is 80.2 Å². The van der Waals surface area contributed by atoms with Crippen molar-refractivity contribution in [2.24, 2.45) is 0 Å². The Bertz CT molecular complexity index is 296. The lowest BCUT2D eigenvalue weighted by atomic mass is 10.2. The molecule has 0 radical (unpaired) electrons. The highest BCUT2D eigenvalue weighted by molar-refractivity contribution is 6.44. The van der Waals surface area contributed by atoms with Gasteiger partial charge in [-0.25, -0.2) is 4.79 Å². The average Bonchev–Trinajstić information content (AvgIpc) is 2.71. The summed E-state index contributed by atoms with van der Waals surface area (Å²) in [5, 5.41) is 1.93. The van der Waals surface area contributed by atoms with E-state index in [9.17, 15) is 14.4 Å². The van der Waals surface area contributed by atoms with E-state index in [1.54, 1.807) is 0 Å². The molecule has 2 aliphatic heterocycles. The molecular formula is C8H10N2O4. The summed E-state index contributed by atoms with van der Waals surface area (Å²) in [5.74, 6) is -1.64. The smallest absolute Gasteiger partial charge is 0.331 e. The van der Waals surface area contributed by atoms with Crippen molar-refractivity contribution in [1.82, 2.24) is 10.2 Å². The third-order valence-corrected chi connectivity index (χ3v) is 2.32. The maximum atomic E-state index is 11.1. The van der Waals surface area contributed by atoms with Crippen molar-refractivity contribution in [1.29, 1.82) is 0 Å². The summed E-state index contributed by atoms with van der Waals surface area (Å²) in [4.78, 5) is 33.9. The molecule has 0 bridgehead atoms. The van der Waals surface area contributed by atoms with Gasteiger partial charge in [-0.05, 0) is 12.8 Å². The lowest BCUT2D eigenvalue weighted by Gasteiger charge is -2.15. The second-order valence-electron chi connectivity index (χ2n) is 3.31. The van der Waals surface area contributed by atoms with Gasteiger partial charge in [-0.1, -0.05) is 0 Å². The summed E-state index contributed by atoms with van der Waals surface area (Å²) >= 11 is 0. The van der Waals surface area contributed by atoms with Crippen LogP contribution in [0.3, 0.4) is 0 Å². The van der Waals surface area contributed by atoms with Gasteiger partial charge >= 0.3 is 17.8 Å². The number of carbonyl (C=O) groups excluding carboxylic acids is 3. The zero-order valence-electron chi connectivity index (χ0n) is 7.49. The Morgan fingerprint density at radius 3 is 2.71 bits per heavy atom. The molecule has 6 heteroatoms. The van der Waals surface area contributed by atoms with Gasteiger partial charge in [-0.3, -0.25) is 19.8 Å². The van der Waals surface area contributed by atoms with Gasteiger partial charge in [0.2, 0.25) is 0 Å². The summed E-state index contributed by atoms with van der Waals surface area (Å²) in [6.45, 7) is 0.832. The molecule has 2 heterocycles. The number of hydrogen-bond acceptors (Lipinski definition) is 4. The van der Waals surface area contributed by atoms with Crippen molar-refractivity contribution in [2.45, 2.75) is 18.9 Å². The van der Waals surface area contributed by atoms with E-state index in [0.29, 0.717) is 6.61 Å². The van der Waals surface area contributed by atoms with Crippen LogP contribution in [0.25, 0.3) is 0 Å². The summed E-state index contributed by atoms with van der Waals surface area (Å²) < 4.78 is 5.26. The number of amides is 4. The van der Waals surface area contributed by atoms with Crippen LogP contribution in [0.15, 0.2) is 0 Å². The minimum Gasteiger partial charge on any atom is -0.376 e. The maximum Gasteiger partial charge on any atom is 0.331 e. The van der Waals surface area contributed by atoms with Crippen LogP contribution in [0.2, 0.25) is 0 Å². The molecule has 0 saturated carbocycles. The van der Waals surface area contributed by atoms with Crippen LogP contribution in [0.4, 0.5) is 4.79 Å². The minimum atomic E-state index is -0.854. The topological polar surface area (TPSA) is 75.7 Å². The standard InChI is InChI=1S/C8H10N2O4/c11-6-7(12)10(8(13)9-6)4-5-2-1-3-14-5/h5H,1-4H2,(H,9,11,13). The largest absolute Gasteiger partial charge is 0.376 e. The Morgan fingerprint density at radius 2 is 2.21 bits per heavy atom. The lowest BCUT2D eigenvalue weighted by molar-refractivity contribution is -0.140. The predicted octanol–water partition coefficient (Wildman–Crippen LogP) is -0.756. The number of imide groups is 2. The summed E-state index contributed by atoms with van der Waals surface area (Å²) in [6, 6.07) is -0.643. The first kappa shape index (κ1) is 9.14. The third-order valence-electron chi connectivity index (χ3n) is 2.32. The quantitative estimate of drug-likeness (QED) is 0.467. The monoisotopic (exact) mass is 198 g/mol. The molecule has 2 fully saturated rings. The van der Waals surface area contributed by atoms with Gasteiger partial charge in [0.05, 0.1) is 12.6 Å². The molecule has 4 amide bonds. The molecule has 6 nitrogen and oxygen atoms in total. The molecular weight excluding hydrogens is 188 g/mol. The number of nitrogens with one attached hydrogen (secondary N) is 1. The Morgan fingerprint density at radius 1 is 1.43 bits per heavy atom. The Balaban J connectivity index is 1.99. The summed E-state index contributed by atoms with van der Waals surface area (Å²) in [6.07, 6.45) is 1.64. The molecule has 0 aromatic rings. The number of ether oxygens (including phenoxy) is 1. The van der Waals surface area contributed by atoms with E-state index < -0.39 is 17.8 Å². The highest BCUT2D eigenvalue weighted by Gasteiger charge is 2.38. The van der Waals surface area contributed by atoms with E-state index in [1.165, 1.54) is 0 Å². The maximum absolute atomic E-state index is 11.1. The Hall–Kier alpha value is -1.43. The first-order valence-electron chi connectivity index (χ1n) is 4.47. The van der Waals surface area contributed by atoms with E-state index in [2.05, 4.69) is 0 Å². The van der Waals surface area contributed by atoms with E-state index in [4.69, 9.17) is 4.74 Å². The van der Waals surface area contributed by atoms with E-state index >= 15 is 0 Å². The fourth-order valence-corrected chi connectivity index (χ4v) is 1.59. The van der Waals surface area contributed by atoms with Gasteiger partial charge < -0.3 is 4.74 Å². The zero-order chi connectivity index (χ0) is 10.1. The van der Waals surface area contributed by atoms with E-state index in [0.717, 1.165) is 17.7 Å². The third kappa shape index (κ3) is 1.48. The number of hydrogen-bond donors (Lipinski definition) is 1. The van der Waals surface area contributed by atoms with Gasteiger partial charge in [0.25, 0.3) is 0 Å². The van der Waals surface area contributed by atoms with E-state index in [-0.39, 0.29) is 12.6 Å². The predicted molar refractivity (Wildman–Crippen MR) is 44.2 cm³/mol. The fraction of sp³-hybridized carbons (Fsp3) is 0.625. The molecule has 0 aliphatic carbocycles. The molecule has 1 atom stereocenters. The molecule has 14 heavy (non-hydrogen) atoms. The van der Waals surface area contributed by atoms with Crippen molar-refractivity contribution in [2.75, 3.05) is 13.2 Å². The van der Waals surface area contributed by atoms with Crippen molar-refractivity contribution in [3.8, 4) is 0 Å². The normalized spacial score (nSPS) is 27.3. The van der Waals surface area contributed by atoms with Crippen LogP contribution < -0.4 is 5.32 Å². The first-order valence-corrected chi connectivity index (χ1v) is 4.47. The Kier molecular flexibility index (Phi) is 2.20. The summed E-state index contributed by atoms with van der Waals surface area (Å²) in [5.41, 5.74) is 0. The zero-order valence-corrected chi connectivity index (χ0v) is 7.49. The van der Waals surface area contributed by atoms with Crippen LogP contribution in [0.5, 0.6) is 0 Å². The molecule has 1 unspecified atom stereocenters. The molecule has 1 N–H and O–H groups in total.